The fourth-order valence-corrected chi connectivity index (χ4v) is 5.65. The molecule has 1 saturated heterocycles. The third-order valence-electron chi connectivity index (χ3n) is 7.02. The van der Waals surface area contributed by atoms with Gasteiger partial charge < -0.3 is 24.0 Å². The number of hydrogen-bond donors (Lipinski definition) is 0. The van der Waals surface area contributed by atoms with Crippen LogP contribution in [0.15, 0.2) is 30.7 Å². The van der Waals surface area contributed by atoms with Crippen LogP contribution in [0.5, 0.6) is 11.6 Å². The molecule has 9 nitrogen and oxygen atoms in total. The Morgan fingerprint density at radius 2 is 1.90 bits per heavy atom. The predicted molar refractivity (Wildman–Crippen MR) is 146 cm³/mol. The van der Waals surface area contributed by atoms with Crippen molar-refractivity contribution in [2.24, 2.45) is 0 Å². The molecule has 12 heteroatoms. The number of pyridine rings is 1. The molecule has 0 spiro atoms. The minimum atomic E-state index is -0.820. The van der Waals surface area contributed by atoms with Gasteiger partial charge in [0.1, 0.15) is 35.7 Å². The highest BCUT2D eigenvalue weighted by molar-refractivity contribution is 6.37. The number of benzene rings is 2. The number of anilines is 1. The van der Waals surface area contributed by atoms with E-state index in [0.717, 1.165) is 0 Å². The van der Waals surface area contributed by atoms with E-state index in [9.17, 15) is 4.79 Å². The van der Waals surface area contributed by atoms with Gasteiger partial charge in [0, 0.05) is 37.0 Å². The molecule has 0 bridgehead atoms. The Morgan fingerprint density at radius 3 is 2.65 bits per heavy atom. The third kappa shape index (κ3) is 4.19. The van der Waals surface area contributed by atoms with Crippen LogP contribution in [0.4, 0.5) is 19.4 Å². The van der Waals surface area contributed by atoms with Crippen LogP contribution < -0.4 is 14.4 Å². The number of aromatic nitrogens is 3. The second-order valence-corrected chi connectivity index (χ2v) is 11.1. The molecule has 0 unspecified atom stereocenters. The summed E-state index contributed by atoms with van der Waals surface area (Å²) in [6.45, 7) is 6.60. The van der Waals surface area contributed by atoms with Crippen LogP contribution in [-0.4, -0.2) is 70.9 Å². The number of methoxy groups -OCH3 is 1. The quantitative estimate of drug-likeness (QED) is 0.308. The van der Waals surface area contributed by atoms with E-state index in [-0.39, 0.29) is 56.7 Å². The highest BCUT2D eigenvalue weighted by Crippen LogP contribution is 2.50. The fraction of sp³-hybridized carbons (Fsp3) is 0.357. The van der Waals surface area contributed by atoms with Crippen molar-refractivity contribution in [2.75, 3.05) is 38.3 Å². The van der Waals surface area contributed by atoms with Crippen LogP contribution in [0.3, 0.4) is 0 Å². The van der Waals surface area contributed by atoms with Crippen molar-refractivity contribution in [1.29, 1.82) is 0 Å². The maximum Gasteiger partial charge on any atom is 0.410 e. The molecule has 1 fully saturated rings. The van der Waals surface area contributed by atoms with Gasteiger partial charge in [-0.1, -0.05) is 17.7 Å². The molecule has 40 heavy (non-hydrogen) atoms. The van der Waals surface area contributed by atoms with Crippen LogP contribution in [-0.2, 0) is 4.74 Å². The fourth-order valence-electron chi connectivity index (χ4n) is 5.32. The molecular weight excluding hydrogens is 544 g/mol. The molecule has 1 atom stereocenters. The summed E-state index contributed by atoms with van der Waals surface area (Å²) < 4.78 is 49.1. The lowest BCUT2D eigenvalue weighted by atomic mass is 9.96. The van der Waals surface area contributed by atoms with Crippen molar-refractivity contribution < 1.29 is 27.8 Å². The van der Waals surface area contributed by atoms with Gasteiger partial charge in [0.2, 0.25) is 5.88 Å². The molecule has 0 aliphatic carbocycles. The molecule has 4 aromatic rings. The highest BCUT2D eigenvalue weighted by atomic mass is 35.5. The maximum absolute atomic E-state index is 16.4. The summed E-state index contributed by atoms with van der Waals surface area (Å²) in [6, 6.07) is 4.15. The topological polar surface area (TPSA) is 89.9 Å². The number of piperazine rings is 1. The van der Waals surface area contributed by atoms with Crippen molar-refractivity contribution in [1.82, 2.24) is 19.9 Å². The lowest BCUT2D eigenvalue weighted by Crippen LogP contribution is -2.57. The van der Waals surface area contributed by atoms with E-state index in [1.54, 1.807) is 17.0 Å². The van der Waals surface area contributed by atoms with Gasteiger partial charge in [-0.05, 0) is 38.3 Å². The number of carbonyl (C=O) groups excluding carboxylic acids is 1. The lowest BCUT2D eigenvalue weighted by Gasteiger charge is -2.41. The summed E-state index contributed by atoms with van der Waals surface area (Å²) >= 11 is 6.87. The summed E-state index contributed by atoms with van der Waals surface area (Å²) in [6.07, 6.45) is 2.35. The van der Waals surface area contributed by atoms with Crippen LogP contribution in [0.2, 0.25) is 5.02 Å². The standard InChI is InChI=1S/C28H26ClF2N5O4/c1-28(2,3)40-27(37)35-9-10-36-15(11-35)12-39-24-20-23(33-13-34-25(20)36)22(31)19(21(24)29)18-16(30)6-5-14-7-8-32-26(38-4)17(14)18/h5-8,13,15H,9-12H2,1-4H3/t15-/m0/s1. The van der Waals surface area contributed by atoms with Crippen LogP contribution in [0, 0.1) is 11.6 Å². The van der Waals surface area contributed by atoms with E-state index in [1.165, 1.54) is 25.7 Å². The molecule has 6 rings (SSSR count). The van der Waals surface area contributed by atoms with E-state index in [2.05, 4.69) is 15.0 Å². The molecule has 1 amide bonds. The van der Waals surface area contributed by atoms with Crippen molar-refractivity contribution >= 4 is 45.2 Å². The molecule has 0 saturated carbocycles. The minimum absolute atomic E-state index is 0.0612. The van der Waals surface area contributed by atoms with Gasteiger partial charge in [0.05, 0.1) is 28.9 Å². The summed E-state index contributed by atoms with van der Waals surface area (Å²) in [4.78, 5) is 29.2. The number of hydrogen-bond acceptors (Lipinski definition) is 8. The van der Waals surface area contributed by atoms with Crippen molar-refractivity contribution in [3.05, 3.63) is 47.4 Å². The van der Waals surface area contributed by atoms with Crippen molar-refractivity contribution in [3.63, 3.8) is 0 Å². The van der Waals surface area contributed by atoms with Crippen LogP contribution in [0.25, 0.3) is 32.8 Å². The second-order valence-electron chi connectivity index (χ2n) is 10.7. The molecule has 0 N–H and O–H groups in total. The Morgan fingerprint density at radius 1 is 1.10 bits per heavy atom. The molecule has 2 aromatic carbocycles. The largest absolute Gasteiger partial charge is 0.489 e. The number of nitrogens with zero attached hydrogens (tertiary/aromatic N) is 5. The van der Waals surface area contributed by atoms with E-state index in [4.69, 9.17) is 25.8 Å². The third-order valence-corrected chi connectivity index (χ3v) is 7.38. The van der Waals surface area contributed by atoms with Crippen LogP contribution in [0.1, 0.15) is 20.8 Å². The first-order chi connectivity index (χ1) is 19.1. The summed E-state index contributed by atoms with van der Waals surface area (Å²) in [5, 5.41) is 1.02. The molecule has 2 aliphatic rings. The zero-order valence-electron chi connectivity index (χ0n) is 22.3. The monoisotopic (exact) mass is 569 g/mol. The van der Waals surface area contributed by atoms with E-state index >= 15 is 8.78 Å². The molecule has 2 aromatic heterocycles. The predicted octanol–water partition coefficient (Wildman–Crippen LogP) is 5.60. The number of ether oxygens (including phenoxy) is 3. The summed E-state index contributed by atoms with van der Waals surface area (Å²) in [7, 11) is 1.40. The smallest absolute Gasteiger partial charge is 0.410 e. The van der Waals surface area contributed by atoms with Gasteiger partial charge in [0.25, 0.3) is 0 Å². The van der Waals surface area contributed by atoms with Gasteiger partial charge in [-0.15, -0.1) is 0 Å². The summed E-state index contributed by atoms with van der Waals surface area (Å²) in [5.74, 6) is -0.840. The normalized spacial score (nSPS) is 16.9. The number of carbonyl (C=O) groups is 1. The second kappa shape index (κ2) is 9.58. The first kappa shape index (κ1) is 26.2. The molecule has 0 radical (unpaired) electrons. The van der Waals surface area contributed by atoms with E-state index in [1.807, 2.05) is 25.7 Å². The van der Waals surface area contributed by atoms with Crippen molar-refractivity contribution in [2.45, 2.75) is 32.4 Å². The highest BCUT2D eigenvalue weighted by Gasteiger charge is 2.38. The molecule has 2 aliphatic heterocycles. The van der Waals surface area contributed by atoms with E-state index < -0.39 is 23.3 Å². The number of halogens is 3. The van der Waals surface area contributed by atoms with Gasteiger partial charge >= 0.3 is 6.09 Å². The number of rotatable bonds is 2. The average molecular weight is 570 g/mol. The first-order valence-electron chi connectivity index (χ1n) is 12.7. The molecule has 4 heterocycles. The molecule has 208 valence electrons. The van der Waals surface area contributed by atoms with E-state index in [0.29, 0.717) is 30.8 Å². The van der Waals surface area contributed by atoms with Gasteiger partial charge in [0.15, 0.2) is 11.6 Å². The lowest BCUT2D eigenvalue weighted by molar-refractivity contribution is 0.0202. The Balaban J connectivity index is 1.50. The first-order valence-corrected chi connectivity index (χ1v) is 13.1. The van der Waals surface area contributed by atoms with Gasteiger partial charge in [-0.2, -0.15) is 0 Å². The SMILES string of the molecule is COc1nccc2ccc(F)c(-c3c(Cl)c4c5c(ncnc5c3F)N3CCN(C(=O)OC(C)(C)C)C[C@H]3CO4)c12. The van der Waals surface area contributed by atoms with Crippen LogP contribution >= 0.6 is 11.6 Å². The Labute approximate surface area is 233 Å². The van der Waals surface area contributed by atoms with Gasteiger partial charge in [-0.3, -0.25) is 0 Å². The maximum atomic E-state index is 16.4. The zero-order valence-corrected chi connectivity index (χ0v) is 23.1. The average Bonchev–Trinajstić information content (AvgIpc) is 3.09. The Hall–Kier alpha value is -3.99. The zero-order chi connectivity index (χ0) is 28.3. The minimum Gasteiger partial charge on any atom is -0.489 e. The Kier molecular flexibility index (Phi) is 6.29. The van der Waals surface area contributed by atoms with Gasteiger partial charge in [-0.25, -0.2) is 28.5 Å². The Bertz CT molecular complexity index is 1680. The summed E-state index contributed by atoms with van der Waals surface area (Å²) in [5.41, 5.74) is -1.02. The number of amides is 1. The number of fused-ring (bicyclic) bond motifs is 3. The molecular formula is C28H26ClF2N5O4. The van der Waals surface area contributed by atoms with Crippen molar-refractivity contribution in [3.8, 4) is 22.8 Å².